The van der Waals surface area contributed by atoms with Crippen LogP contribution in [0.2, 0.25) is 5.02 Å². The summed E-state index contributed by atoms with van der Waals surface area (Å²) in [6, 6.07) is 11.0. The lowest BCUT2D eigenvalue weighted by Gasteiger charge is -2.13. The molecule has 0 unspecified atom stereocenters. The molecular formula is C19H23ClN2O4S. The van der Waals surface area contributed by atoms with Crippen molar-refractivity contribution >= 4 is 33.2 Å². The average molecular weight is 411 g/mol. The normalized spacial score (nSPS) is 12.4. The Morgan fingerprint density at radius 1 is 1.19 bits per heavy atom. The molecular weight excluding hydrogens is 388 g/mol. The molecule has 0 saturated heterocycles. The largest absolute Gasteiger partial charge is 0.484 e. The fourth-order valence-electron chi connectivity index (χ4n) is 2.21. The maximum Gasteiger partial charge on any atom is 0.262 e. The smallest absolute Gasteiger partial charge is 0.262 e. The van der Waals surface area contributed by atoms with E-state index >= 15 is 0 Å². The fraction of sp³-hybridized carbons (Fsp3) is 0.316. The summed E-state index contributed by atoms with van der Waals surface area (Å²) in [6.45, 7) is 5.31. The Hall–Kier alpha value is -2.09. The number of carbonyl (C=O) groups is 1. The Kier molecular flexibility index (Phi) is 7.24. The second-order valence-electron chi connectivity index (χ2n) is 6.15. The van der Waals surface area contributed by atoms with E-state index in [-0.39, 0.29) is 23.5 Å². The number of benzene rings is 2. The molecule has 0 fully saturated rings. The van der Waals surface area contributed by atoms with Crippen molar-refractivity contribution in [1.82, 2.24) is 4.72 Å². The minimum absolute atomic E-state index is 0.147. The molecule has 0 aromatic heterocycles. The SMILES string of the molecule is CC[C@H](C)NS(=O)(=O)c1ccc(OCC(=O)Nc2cccc(Cl)c2C)cc1. The van der Waals surface area contributed by atoms with Crippen molar-refractivity contribution in [3.8, 4) is 5.75 Å². The molecule has 0 aliphatic heterocycles. The van der Waals surface area contributed by atoms with Crippen LogP contribution >= 0.6 is 11.6 Å². The van der Waals surface area contributed by atoms with Gasteiger partial charge in [-0.1, -0.05) is 24.6 Å². The lowest BCUT2D eigenvalue weighted by atomic mass is 10.2. The summed E-state index contributed by atoms with van der Waals surface area (Å²) in [7, 11) is -3.57. The Bertz CT molecular complexity index is 898. The van der Waals surface area contributed by atoms with Gasteiger partial charge in [0.05, 0.1) is 4.90 Å². The quantitative estimate of drug-likeness (QED) is 0.694. The van der Waals surface area contributed by atoms with Crippen LogP contribution in [0.1, 0.15) is 25.8 Å². The van der Waals surface area contributed by atoms with E-state index in [2.05, 4.69) is 10.0 Å². The monoisotopic (exact) mass is 410 g/mol. The molecule has 6 nitrogen and oxygen atoms in total. The van der Waals surface area contributed by atoms with Gasteiger partial charge in [-0.15, -0.1) is 0 Å². The first-order chi connectivity index (χ1) is 12.7. The van der Waals surface area contributed by atoms with E-state index in [0.717, 1.165) is 5.56 Å². The van der Waals surface area contributed by atoms with Gasteiger partial charge < -0.3 is 10.1 Å². The Balaban J connectivity index is 1.95. The summed E-state index contributed by atoms with van der Waals surface area (Å²) in [5.74, 6) is 0.0611. The molecule has 2 N–H and O–H groups in total. The van der Waals surface area contributed by atoms with Gasteiger partial charge in [-0.05, 0) is 62.2 Å². The van der Waals surface area contributed by atoms with Gasteiger partial charge in [-0.3, -0.25) is 4.79 Å². The zero-order chi connectivity index (χ0) is 20.0. The maximum absolute atomic E-state index is 12.2. The second-order valence-corrected chi connectivity index (χ2v) is 8.27. The van der Waals surface area contributed by atoms with Crippen LogP contribution in [0, 0.1) is 6.92 Å². The van der Waals surface area contributed by atoms with Gasteiger partial charge in [0.2, 0.25) is 10.0 Å². The van der Waals surface area contributed by atoms with Gasteiger partial charge in [0.1, 0.15) is 5.75 Å². The van der Waals surface area contributed by atoms with E-state index in [4.69, 9.17) is 16.3 Å². The Morgan fingerprint density at radius 3 is 2.48 bits per heavy atom. The van der Waals surface area contributed by atoms with Gasteiger partial charge in [-0.25, -0.2) is 13.1 Å². The van der Waals surface area contributed by atoms with Crippen molar-refractivity contribution in [2.75, 3.05) is 11.9 Å². The lowest BCUT2D eigenvalue weighted by Crippen LogP contribution is -2.31. The third kappa shape index (κ3) is 5.95. The number of halogens is 1. The van der Waals surface area contributed by atoms with Crippen molar-refractivity contribution in [1.29, 1.82) is 0 Å². The molecule has 0 aliphatic carbocycles. The fourth-order valence-corrected chi connectivity index (χ4v) is 3.71. The molecule has 2 aromatic carbocycles. The van der Waals surface area contributed by atoms with Crippen LogP contribution in [-0.4, -0.2) is 27.0 Å². The molecule has 1 atom stereocenters. The average Bonchev–Trinajstić information content (AvgIpc) is 2.63. The molecule has 0 heterocycles. The zero-order valence-electron chi connectivity index (χ0n) is 15.5. The zero-order valence-corrected chi connectivity index (χ0v) is 17.0. The van der Waals surface area contributed by atoms with Gasteiger partial charge in [0.25, 0.3) is 5.91 Å². The number of ether oxygens (including phenoxy) is 1. The molecule has 2 aromatic rings. The highest BCUT2D eigenvalue weighted by Crippen LogP contribution is 2.23. The summed E-state index contributed by atoms with van der Waals surface area (Å²) in [6.07, 6.45) is 0.696. The molecule has 0 bridgehead atoms. The number of nitrogens with one attached hydrogen (secondary N) is 2. The molecule has 27 heavy (non-hydrogen) atoms. The number of sulfonamides is 1. The number of hydrogen-bond donors (Lipinski definition) is 2. The second kappa shape index (κ2) is 9.21. The van der Waals surface area contributed by atoms with Gasteiger partial charge >= 0.3 is 0 Å². The molecule has 1 amide bonds. The standard InChI is InChI=1S/C19H23ClN2O4S/c1-4-13(2)22-27(24,25)16-10-8-15(9-11-16)26-12-19(23)21-18-7-5-6-17(20)14(18)3/h5-11,13,22H,4,12H2,1-3H3,(H,21,23)/t13-/m0/s1. The van der Waals surface area contributed by atoms with Gasteiger partial charge in [0.15, 0.2) is 6.61 Å². The predicted octanol–water partition coefficient (Wildman–Crippen LogP) is 3.74. The van der Waals surface area contributed by atoms with Crippen LogP contribution in [0.25, 0.3) is 0 Å². The van der Waals surface area contributed by atoms with E-state index in [9.17, 15) is 13.2 Å². The molecule has 0 spiro atoms. The molecule has 0 aliphatic rings. The van der Waals surface area contributed by atoms with Crippen molar-refractivity contribution in [3.63, 3.8) is 0 Å². The van der Waals surface area contributed by atoms with Crippen LogP contribution in [0.15, 0.2) is 47.4 Å². The molecule has 8 heteroatoms. The van der Waals surface area contributed by atoms with E-state index in [1.54, 1.807) is 25.1 Å². The van der Waals surface area contributed by atoms with E-state index in [1.807, 2.05) is 13.8 Å². The molecule has 0 radical (unpaired) electrons. The summed E-state index contributed by atoms with van der Waals surface area (Å²) in [4.78, 5) is 12.2. The summed E-state index contributed by atoms with van der Waals surface area (Å²) in [5, 5.41) is 3.30. The number of anilines is 1. The molecule has 146 valence electrons. The topological polar surface area (TPSA) is 84.5 Å². The summed E-state index contributed by atoms with van der Waals surface area (Å²) < 4.78 is 32.4. The third-order valence-corrected chi connectivity index (χ3v) is 6.03. The first-order valence-corrected chi connectivity index (χ1v) is 10.4. The summed E-state index contributed by atoms with van der Waals surface area (Å²) in [5.41, 5.74) is 1.39. The third-order valence-electron chi connectivity index (χ3n) is 4.01. The first-order valence-electron chi connectivity index (χ1n) is 8.53. The first kappa shape index (κ1) is 21.2. The van der Waals surface area contributed by atoms with E-state index < -0.39 is 10.0 Å². The van der Waals surface area contributed by atoms with Crippen LogP contribution in [0.4, 0.5) is 5.69 Å². The highest BCUT2D eigenvalue weighted by atomic mass is 35.5. The lowest BCUT2D eigenvalue weighted by molar-refractivity contribution is -0.118. The molecule has 2 rings (SSSR count). The van der Waals surface area contributed by atoms with Crippen LogP contribution < -0.4 is 14.8 Å². The number of rotatable bonds is 8. The minimum atomic E-state index is -3.57. The van der Waals surface area contributed by atoms with Crippen molar-refractivity contribution in [2.45, 2.75) is 38.1 Å². The minimum Gasteiger partial charge on any atom is -0.484 e. The van der Waals surface area contributed by atoms with Crippen LogP contribution in [-0.2, 0) is 14.8 Å². The van der Waals surface area contributed by atoms with Crippen molar-refractivity contribution in [3.05, 3.63) is 53.1 Å². The van der Waals surface area contributed by atoms with Crippen molar-refractivity contribution < 1.29 is 17.9 Å². The van der Waals surface area contributed by atoms with Crippen LogP contribution in [0.3, 0.4) is 0 Å². The molecule has 0 saturated carbocycles. The number of amides is 1. The van der Waals surface area contributed by atoms with Crippen LogP contribution in [0.5, 0.6) is 5.75 Å². The van der Waals surface area contributed by atoms with Gasteiger partial charge in [-0.2, -0.15) is 0 Å². The highest BCUT2D eigenvalue weighted by molar-refractivity contribution is 7.89. The van der Waals surface area contributed by atoms with E-state index in [1.165, 1.54) is 24.3 Å². The predicted molar refractivity (Wildman–Crippen MR) is 107 cm³/mol. The summed E-state index contributed by atoms with van der Waals surface area (Å²) >= 11 is 6.03. The maximum atomic E-state index is 12.2. The van der Waals surface area contributed by atoms with E-state index in [0.29, 0.717) is 22.9 Å². The Morgan fingerprint density at radius 2 is 1.85 bits per heavy atom. The van der Waals surface area contributed by atoms with Crippen molar-refractivity contribution in [2.24, 2.45) is 0 Å². The number of carbonyl (C=O) groups excluding carboxylic acids is 1. The number of hydrogen-bond acceptors (Lipinski definition) is 4. The highest BCUT2D eigenvalue weighted by Gasteiger charge is 2.16. The van der Waals surface area contributed by atoms with Gasteiger partial charge in [0, 0.05) is 16.8 Å². The Labute approximate surface area is 164 Å².